The topological polar surface area (TPSA) is 42.3 Å². The molecule has 1 fully saturated rings. The third-order valence-electron chi connectivity index (χ3n) is 4.10. The fraction of sp³-hybridized carbons (Fsp3) is 0.812. The van der Waals surface area contributed by atoms with Gasteiger partial charge in [0.15, 0.2) is 0 Å². The molecule has 2 atom stereocenters. The number of morpholine rings is 1. The molecule has 0 radical (unpaired) electrons. The molecule has 5 heteroatoms. The normalized spacial score (nSPS) is 21.6. The quantitative estimate of drug-likeness (QED) is 0.790. The van der Waals surface area contributed by atoms with Crippen LogP contribution in [0.15, 0.2) is 12.4 Å². The number of aromatic nitrogens is 2. The minimum Gasteiger partial charge on any atom is -0.374 e. The number of hydrogen-bond donors (Lipinski definition) is 1. The van der Waals surface area contributed by atoms with Gasteiger partial charge in [-0.25, -0.2) is 0 Å². The highest BCUT2D eigenvalue weighted by Crippen LogP contribution is 2.14. The van der Waals surface area contributed by atoms with Crippen LogP contribution < -0.4 is 5.32 Å². The summed E-state index contributed by atoms with van der Waals surface area (Å²) in [6.45, 7) is 12.5. The Kier molecular flexibility index (Phi) is 6.67. The maximum atomic E-state index is 6.04. The molecule has 1 aromatic rings. The third-order valence-corrected chi connectivity index (χ3v) is 4.10. The molecule has 2 rings (SSSR count). The molecule has 1 aliphatic rings. The van der Waals surface area contributed by atoms with Gasteiger partial charge in [0.1, 0.15) is 0 Å². The molecule has 120 valence electrons. The maximum absolute atomic E-state index is 6.04. The second-order valence-corrected chi connectivity index (χ2v) is 5.78. The van der Waals surface area contributed by atoms with Gasteiger partial charge in [0.25, 0.3) is 0 Å². The van der Waals surface area contributed by atoms with Crippen LogP contribution >= 0.6 is 0 Å². The van der Waals surface area contributed by atoms with Crippen molar-refractivity contribution in [2.24, 2.45) is 0 Å². The van der Waals surface area contributed by atoms with Crippen molar-refractivity contribution in [2.75, 3.05) is 32.8 Å². The molecule has 0 amide bonds. The van der Waals surface area contributed by atoms with Crippen LogP contribution in [0.5, 0.6) is 0 Å². The molecule has 0 spiro atoms. The largest absolute Gasteiger partial charge is 0.374 e. The van der Waals surface area contributed by atoms with Crippen LogP contribution in [0.3, 0.4) is 0 Å². The second kappa shape index (κ2) is 8.51. The van der Waals surface area contributed by atoms with E-state index in [2.05, 4.69) is 42.3 Å². The Balaban J connectivity index is 1.96. The molecule has 0 aromatic carbocycles. The summed E-state index contributed by atoms with van der Waals surface area (Å²) in [5.74, 6) is 0. The van der Waals surface area contributed by atoms with Gasteiger partial charge >= 0.3 is 0 Å². The van der Waals surface area contributed by atoms with Crippen LogP contribution in [0.1, 0.15) is 32.8 Å². The summed E-state index contributed by atoms with van der Waals surface area (Å²) in [6.07, 6.45) is 6.60. The lowest BCUT2D eigenvalue weighted by Crippen LogP contribution is -2.53. The smallest absolute Gasteiger partial charge is 0.0858 e. The van der Waals surface area contributed by atoms with Crippen molar-refractivity contribution in [3.8, 4) is 0 Å². The number of hydrogen-bond acceptors (Lipinski definition) is 4. The van der Waals surface area contributed by atoms with E-state index in [0.717, 1.165) is 39.2 Å². The molecule has 2 heterocycles. The third kappa shape index (κ3) is 4.80. The van der Waals surface area contributed by atoms with Crippen LogP contribution in [-0.2, 0) is 17.7 Å². The lowest BCUT2D eigenvalue weighted by molar-refractivity contribution is -0.0459. The summed E-state index contributed by atoms with van der Waals surface area (Å²) < 4.78 is 8.03. The maximum Gasteiger partial charge on any atom is 0.0858 e. The van der Waals surface area contributed by atoms with Gasteiger partial charge in [-0.05, 0) is 38.4 Å². The first-order chi connectivity index (χ1) is 10.3. The van der Waals surface area contributed by atoms with Crippen molar-refractivity contribution in [1.29, 1.82) is 0 Å². The number of nitrogens with zero attached hydrogens (tertiary/aromatic N) is 3. The number of rotatable bonds is 8. The van der Waals surface area contributed by atoms with Crippen LogP contribution in [0, 0.1) is 0 Å². The SMILES string of the molecule is CCCN1CCOC(C(Cc2cnn(CC)c2)NCC)C1. The average molecular weight is 294 g/mol. The highest BCUT2D eigenvalue weighted by molar-refractivity contribution is 5.07. The Bertz CT molecular complexity index is 405. The predicted molar refractivity (Wildman–Crippen MR) is 85.5 cm³/mol. The van der Waals surface area contributed by atoms with Crippen molar-refractivity contribution in [3.63, 3.8) is 0 Å². The lowest BCUT2D eigenvalue weighted by atomic mass is 10.0. The van der Waals surface area contributed by atoms with Crippen molar-refractivity contribution in [1.82, 2.24) is 20.0 Å². The minimum absolute atomic E-state index is 0.273. The molecule has 1 aromatic heterocycles. The van der Waals surface area contributed by atoms with Crippen LogP contribution in [0.4, 0.5) is 0 Å². The fourth-order valence-corrected chi connectivity index (χ4v) is 3.03. The van der Waals surface area contributed by atoms with Crippen molar-refractivity contribution in [2.45, 2.75) is 52.3 Å². The van der Waals surface area contributed by atoms with E-state index in [9.17, 15) is 0 Å². The Morgan fingerprint density at radius 3 is 2.95 bits per heavy atom. The molecule has 2 unspecified atom stereocenters. The van der Waals surface area contributed by atoms with Crippen LogP contribution in [0.25, 0.3) is 0 Å². The first kappa shape index (κ1) is 16.5. The molecular formula is C16H30N4O. The number of nitrogens with one attached hydrogen (secondary N) is 1. The molecule has 21 heavy (non-hydrogen) atoms. The Hall–Kier alpha value is -0.910. The van der Waals surface area contributed by atoms with E-state index < -0.39 is 0 Å². The van der Waals surface area contributed by atoms with Crippen LogP contribution in [0.2, 0.25) is 0 Å². The summed E-state index contributed by atoms with van der Waals surface area (Å²) in [5, 5.41) is 7.98. The van der Waals surface area contributed by atoms with Gasteiger partial charge in [-0.15, -0.1) is 0 Å². The summed E-state index contributed by atoms with van der Waals surface area (Å²) in [5.41, 5.74) is 1.29. The lowest BCUT2D eigenvalue weighted by Gasteiger charge is -2.37. The zero-order valence-electron chi connectivity index (χ0n) is 13.7. The van der Waals surface area contributed by atoms with Gasteiger partial charge in [-0.2, -0.15) is 5.10 Å². The van der Waals surface area contributed by atoms with Gasteiger partial charge in [-0.1, -0.05) is 13.8 Å². The van der Waals surface area contributed by atoms with Crippen molar-refractivity contribution >= 4 is 0 Å². The molecule has 1 saturated heterocycles. The van der Waals surface area contributed by atoms with E-state index in [0.29, 0.717) is 6.04 Å². The summed E-state index contributed by atoms with van der Waals surface area (Å²) in [4.78, 5) is 2.52. The number of aryl methyl sites for hydroxylation is 1. The minimum atomic E-state index is 0.273. The van der Waals surface area contributed by atoms with E-state index in [1.54, 1.807) is 0 Å². The summed E-state index contributed by atoms with van der Waals surface area (Å²) >= 11 is 0. The van der Waals surface area contributed by atoms with E-state index >= 15 is 0 Å². The molecule has 1 N–H and O–H groups in total. The Morgan fingerprint density at radius 1 is 1.43 bits per heavy atom. The highest BCUT2D eigenvalue weighted by atomic mass is 16.5. The molecule has 0 bridgehead atoms. The first-order valence-corrected chi connectivity index (χ1v) is 8.35. The molecule has 1 aliphatic heterocycles. The summed E-state index contributed by atoms with van der Waals surface area (Å²) in [7, 11) is 0. The standard InChI is InChI=1S/C16H30N4O/c1-4-7-19-8-9-21-16(13-19)15(17-5-2)10-14-11-18-20(6-3)12-14/h11-12,15-17H,4-10,13H2,1-3H3. The van der Waals surface area contributed by atoms with Crippen LogP contribution in [-0.4, -0.2) is 59.6 Å². The predicted octanol–water partition coefficient (Wildman–Crippen LogP) is 1.53. The number of ether oxygens (including phenoxy) is 1. The van der Waals surface area contributed by atoms with E-state index in [4.69, 9.17) is 4.74 Å². The van der Waals surface area contributed by atoms with Gasteiger partial charge in [0.05, 0.1) is 18.9 Å². The fourth-order valence-electron chi connectivity index (χ4n) is 3.03. The van der Waals surface area contributed by atoms with Gasteiger partial charge in [0.2, 0.25) is 0 Å². The van der Waals surface area contributed by atoms with E-state index in [-0.39, 0.29) is 6.10 Å². The van der Waals surface area contributed by atoms with Gasteiger partial charge in [0, 0.05) is 31.9 Å². The monoisotopic (exact) mass is 294 g/mol. The van der Waals surface area contributed by atoms with Gasteiger partial charge < -0.3 is 10.1 Å². The Morgan fingerprint density at radius 2 is 2.29 bits per heavy atom. The highest BCUT2D eigenvalue weighted by Gasteiger charge is 2.27. The average Bonchev–Trinajstić information content (AvgIpc) is 2.95. The molecular weight excluding hydrogens is 264 g/mol. The second-order valence-electron chi connectivity index (χ2n) is 5.78. The van der Waals surface area contributed by atoms with Gasteiger partial charge in [-0.3, -0.25) is 9.58 Å². The van der Waals surface area contributed by atoms with Crippen molar-refractivity contribution in [3.05, 3.63) is 18.0 Å². The molecule has 5 nitrogen and oxygen atoms in total. The van der Waals surface area contributed by atoms with Crippen molar-refractivity contribution < 1.29 is 4.74 Å². The van der Waals surface area contributed by atoms with E-state index in [1.807, 2.05) is 10.9 Å². The molecule has 0 saturated carbocycles. The summed E-state index contributed by atoms with van der Waals surface area (Å²) in [6, 6.07) is 0.365. The Labute approximate surface area is 128 Å². The zero-order chi connectivity index (χ0) is 15.1. The zero-order valence-corrected chi connectivity index (χ0v) is 13.7. The first-order valence-electron chi connectivity index (χ1n) is 8.35. The number of likely N-dealkylation sites (N-methyl/N-ethyl adjacent to an activating group) is 1. The van der Waals surface area contributed by atoms with E-state index in [1.165, 1.54) is 18.5 Å². The molecule has 0 aliphatic carbocycles.